The Morgan fingerprint density at radius 2 is 2.15 bits per heavy atom. The second kappa shape index (κ2) is 5.78. The van der Waals surface area contributed by atoms with Crippen LogP contribution >= 0.6 is 11.8 Å². The Bertz CT molecular complexity index is 513. The Hall–Kier alpha value is -1.00. The third kappa shape index (κ3) is 3.18. The lowest BCUT2D eigenvalue weighted by atomic mass is 9.64. The molecule has 1 aromatic carbocycles. The van der Waals surface area contributed by atoms with Crippen LogP contribution in [0.15, 0.2) is 23.1 Å². The zero-order valence-electron chi connectivity index (χ0n) is 12.6. The highest BCUT2D eigenvalue weighted by molar-refractivity contribution is 8.00. The van der Waals surface area contributed by atoms with E-state index < -0.39 is 0 Å². The van der Waals surface area contributed by atoms with Crippen molar-refractivity contribution in [1.29, 1.82) is 0 Å². The molecule has 2 rings (SSSR count). The van der Waals surface area contributed by atoms with Gasteiger partial charge in [0.2, 0.25) is 5.91 Å². The molecule has 2 unspecified atom stereocenters. The lowest BCUT2D eigenvalue weighted by Crippen LogP contribution is -2.61. The molecule has 0 aromatic heterocycles. The van der Waals surface area contributed by atoms with Crippen LogP contribution in [-0.2, 0) is 4.79 Å². The number of carbonyl (C=O) groups excluding carboxylic acids is 1. The van der Waals surface area contributed by atoms with Gasteiger partial charge < -0.3 is 10.4 Å². The number of aliphatic hydroxyl groups is 1. The molecular formula is C16H23NO2S. The first-order valence-electron chi connectivity index (χ1n) is 6.98. The zero-order valence-corrected chi connectivity index (χ0v) is 13.4. The molecule has 2 N–H and O–H groups in total. The molecule has 0 heterocycles. The van der Waals surface area contributed by atoms with E-state index in [1.165, 1.54) is 11.1 Å². The largest absolute Gasteiger partial charge is 0.392 e. The number of carbonyl (C=O) groups is 1. The molecular weight excluding hydrogens is 270 g/mol. The predicted octanol–water partition coefficient (Wildman–Crippen LogP) is 2.67. The Kier molecular flexibility index (Phi) is 4.45. The van der Waals surface area contributed by atoms with Gasteiger partial charge in [0.15, 0.2) is 0 Å². The van der Waals surface area contributed by atoms with E-state index in [1.54, 1.807) is 11.8 Å². The smallest absolute Gasteiger partial charge is 0.230 e. The maximum absolute atomic E-state index is 12.0. The fourth-order valence-corrected chi connectivity index (χ4v) is 3.32. The summed E-state index contributed by atoms with van der Waals surface area (Å²) in [6.07, 6.45) is 0.354. The molecule has 0 radical (unpaired) electrons. The Morgan fingerprint density at radius 3 is 2.75 bits per heavy atom. The van der Waals surface area contributed by atoms with E-state index in [0.29, 0.717) is 12.2 Å². The maximum atomic E-state index is 12.0. The predicted molar refractivity (Wildman–Crippen MR) is 83.0 cm³/mol. The van der Waals surface area contributed by atoms with Gasteiger partial charge in [0.1, 0.15) is 0 Å². The molecule has 1 saturated carbocycles. The van der Waals surface area contributed by atoms with Crippen LogP contribution in [0, 0.1) is 19.3 Å². The van der Waals surface area contributed by atoms with E-state index >= 15 is 0 Å². The number of hydrogen-bond acceptors (Lipinski definition) is 3. The number of aryl methyl sites for hydroxylation is 2. The lowest BCUT2D eigenvalue weighted by molar-refractivity contribution is -0.126. The highest BCUT2D eigenvalue weighted by Crippen LogP contribution is 2.40. The minimum Gasteiger partial charge on any atom is -0.392 e. The van der Waals surface area contributed by atoms with E-state index in [-0.39, 0.29) is 23.5 Å². The fourth-order valence-electron chi connectivity index (χ4n) is 2.39. The molecule has 1 amide bonds. The number of nitrogens with one attached hydrogen (secondary N) is 1. The summed E-state index contributed by atoms with van der Waals surface area (Å²) in [6.45, 7) is 8.10. The van der Waals surface area contributed by atoms with Crippen LogP contribution in [0.4, 0.5) is 0 Å². The molecule has 1 fully saturated rings. The number of amides is 1. The summed E-state index contributed by atoms with van der Waals surface area (Å²) >= 11 is 1.57. The van der Waals surface area contributed by atoms with Crippen molar-refractivity contribution in [1.82, 2.24) is 5.32 Å². The molecule has 20 heavy (non-hydrogen) atoms. The van der Waals surface area contributed by atoms with Gasteiger partial charge in [-0.2, -0.15) is 0 Å². The Balaban J connectivity index is 1.86. The van der Waals surface area contributed by atoms with Crippen LogP contribution in [0.2, 0.25) is 0 Å². The van der Waals surface area contributed by atoms with E-state index in [4.69, 9.17) is 0 Å². The van der Waals surface area contributed by atoms with Gasteiger partial charge >= 0.3 is 0 Å². The highest BCUT2D eigenvalue weighted by atomic mass is 32.2. The average molecular weight is 293 g/mol. The topological polar surface area (TPSA) is 49.3 Å². The normalized spacial score (nSPS) is 24.1. The second-order valence-corrected chi connectivity index (χ2v) is 7.27. The summed E-state index contributed by atoms with van der Waals surface area (Å²) in [7, 11) is 0. The Labute approximate surface area is 125 Å². The van der Waals surface area contributed by atoms with Crippen LogP contribution in [0.25, 0.3) is 0 Å². The van der Waals surface area contributed by atoms with Crippen molar-refractivity contribution in [3.05, 3.63) is 29.3 Å². The molecule has 1 aromatic rings. The van der Waals surface area contributed by atoms with Gasteiger partial charge in [0, 0.05) is 16.4 Å². The maximum Gasteiger partial charge on any atom is 0.230 e. The van der Waals surface area contributed by atoms with Crippen molar-refractivity contribution in [3.63, 3.8) is 0 Å². The van der Waals surface area contributed by atoms with Crippen molar-refractivity contribution < 1.29 is 9.90 Å². The Morgan fingerprint density at radius 1 is 1.45 bits per heavy atom. The quantitative estimate of drug-likeness (QED) is 0.839. The summed E-state index contributed by atoms with van der Waals surface area (Å²) < 4.78 is 0. The van der Waals surface area contributed by atoms with Gasteiger partial charge in [0.25, 0.3) is 0 Å². The summed E-state index contributed by atoms with van der Waals surface area (Å²) in [5.41, 5.74) is 2.20. The van der Waals surface area contributed by atoms with Crippen LogP contribution < -0.4 is 5.32 Å². The number of thioether (sulfide) groups is 1. The summed E-state index contributed by atoms with van der Waals surface area (Å²) in [6, 6.07) is 6.37. The van der Waals surface area contributed by atoms with Crippen molar-refractivity contribution in [3.8, 4) is 0 Å². The SMILES string of the molecule is Cc1ccc(C)c(SCC(=O)NC2CC(O)C2(C)C)c1. The molecule has 0 saturated heterocycles. The first-order valence-corrected chi connectivity index (χ1v) is 7.96. The number of aliphatic hydroxyl groups excluding tert-OH is 1. The first kappa shape index (κ1) is 15.4. The molecule has 1 aliphatic rings. The van der Waals surface area contributed by atoms with Crippen LogP contribution in [0.1, 0.15) is 31.4 Å². The summed E-state index contributed by atoms with van der Waals surface area (Å²) in [5.74, 6) is 0.466. The van der Waals surface area contributed by atoms with Gasteiger partial charge in [-0.05, 0) is 31.9 Å². The molecule has 4 heteroatoms. The van der Waals surface area contributed by atoms with E-state index in [0.717, 1.165) is 4.90 Å². The van der Waals surface area contributed by atoms with Gasteiger partial charge in [-0.25, -0.2) is 0 Å². The molecule has 2 atom stereocenters. The van der Waals surface area contributed by atoms with Gasteiger partial charge in [-0.3, -0.25) is 4.79 Å². The summed E-state index contributed by atoms with van der Waals surface area (Å²) in [5, 5.41) is 12.7. The van der Waals surface area contributed by atoms with Gasteiger partial charge in [-0.15, -0.1) is 11.8 Å². The van der Waals surface area contributed by atoms with E-state index in [1.807, 2.05) is 13.8 Å². The highest BCUT2D eigenvalue weighted by Gasteiger charge is 2.47. The zero-order chi connectivity index (χ0) is 14.9. The van der Waals surface area contributed by atoms with Crippen molar-refractivity contribution >= 4 is 17.7 Å². The second-order valence-electron chi connectivity index (χ2n) is 6.25. The minimum absolute atomic E-state index is 0.0425. The molecule has 1 aliphatic carbocycles. The first-order chi connectivity index (χ1) is 9.30. The average Bonchev–Trinajstić information content (AvgIpc) is 2.39. The lowest BCUT2D eigenvalue weighted by Gasteiger charge is -2.49. The van der Waals surface area contributed by atoms with Crippen molar-refractivity contribution in [2.75, 3.05) is 5.75 Å². The summed E-state index contributed by atoms with van der Waals surface area (Å²) in [4.78, 5) is 13.2. The molecule has 110 valence electrons. The van der Waals surface area contributed by atoms with Crippen LogP contribution in [-0.4, -0.2) is 28.9 Å². The van der Waals surface area contributed by atoms with Crippen molar-refractivity contribution in [2.45, 2.75) is 51.2 Å². The molecule has 0 spiro atoms. The number of benzene rings is 1. The number of hydrogen-bond donors (Lipinski definition) is 2. The molecule has 3 nitrogen and oxygen atoms in total. The van der Waals surface area contributed by atoms with E-state index in [9.17, 15) is 9.90 Å². The van der Waals surface area contributed by atoms with Gasteiger partial charge in [-0.1, -0.05) is 31.5 Å². The fraction of sp³-hybridized carbons (Fsp3) is 0.562. The monoisotopic (exact) mass is 293 g/mol. The van der Waals surface area contributed by atoms with E-state index in [2.05, 4.69) is 37.4 Å². The van der Waals surface area contributed by atoms with Crippen LogP contribution in [0.3, 0.4) is 0 Å². The minimum atomic E-state index is -0.306. The molecule has 0 bridgehead atoms. The van der Waals surface area contributed by atoms with Crippen LogP contribution in [0.5, 0.6) is 0 Å². The molecule has 0 aliphatic heterocycles. The third-order valence-electron chi connectivity index (χ3n) is 4.25. The van der Waals surface area contributed by atoms with Crippen molar-refractivity contribution in [2.24, 2.45) is 5.41 Å². The van der Waals surface area contributed by atoms with Gasteiger partial charge in [0.05, 0.1) is 11.9 Å². The number of rotatable bonds is 4. The third-order valence-corrected chi connectivity index (χ3v) is 5.41. The standard InChI is InChI=1S/C16H23NO2S/c1-10-5-6-11(2)12(7-10)20-9-15(19)17-13-8-14(18)16(13,3)4/h5-7,13-14,18H,8-9H2,1-4H3,(H,17,19).